The van der Waals surface area contributed by atoms with Crippen LogP contribution in [0.2, 0.25) is 0 Å². The predicted octanol–water partition coefficient (Wildman–Crippen LogP) is 5.22. The number of fused-ring (bicyclic) bond motifs is 1. The zero-order chi connectivity index (χ0) is 16.0. The van der Waals surface area contributed by atoms with Crippen molar-refractivity contribution in [3.05, 3.63) is 57.9 Å². The highest BCUT2D eigenvalue weighted by Crippen LogP contribution is 2.35. The molecule has 3 aromatic heterocycles. The third kappa shape index (κ3) is 2.24. The van der Waals surface area contributed by atoms with E-state index in [1.54, 1.807) is 22.7 Å². The average molecular weight is 338 g/mol. The van der Waals surface area contributed by atoms with Crippen LogP contribution in [0.1, 0.15) is 21.6 Å². The standard InChI is InChI=1S/C18H14N2OS2/c1-11-5-6-13(12(2)8-11)15-10-23-18-19-17(14(9-21)20(15)18)16-4-3-7-22-16/h3-10H,1-2H3. The summed E-state index contributed by atoms with van der Waals surface area (Å²) in [5.41, 5.74) is 6.00. The number of carbonyl (C=O) groups is 1. The van der Waals surface area contributed by atoms with Gasteiger partial charge in [-0.3, -0.25) is 9.20 Å². The fraction of sp³-hybridized carbons (Fsp3) is 0.111. The quantitative estimate of drug-likeness (QED) is 0.480. The van der Waals surface area contributed by atoms with Crippen molar-refractivity contribution >= 4 is 33.9 Å². The summed E-state index contributed by atoms with van der Waals surface area (Å²) < 4.78 is 1.98. The van der Waals surface area contributed by atoms with Crippen molar-refractivity contribution in [2.24, 2.45) is 0 Å². The molecule has 23 heavy (non-hydrogen) atoms. The van der Waals surface area contributed by atoms with E-state index < -0.39 is 0 Å². The lowest BCUT2D eigenvalue weighted by molar-refractivity contribution is 0.111. The molecule has 0 radical (unpaired) electrons. The van der Waals surface area contributed by atoms with E-state index in [-0.39, 0.29) is 0 Å². The van der Waals surface area contributed by atoms with E-state index in [1.165, 1.54) is 11.1 Å². The molecule has 0 amide bonds. The number of nitrogens with zero attached hydrogens (tertiary/aromatic N) is 2. The van der Waals surface area contributed by atoms with Gasteiger partial charge in [0, 0.05) is 10.9 Å². The number of benzene rings is 1. The summed E-state index contributed by atoms with van der Waals surface area (Å²) in [6.45, 7) is 4.19. The van der Waals surface area contributed by atoms with E-state index in [1.807, 2.05) is 21.9 Å². The Morgan fingerprint density at radius 3 is 2.74 bits per heavy atom. The summed E-state index contributed by atoms with van der Waals surface area (Å²) in [7, 11) is 0. The first-order valence-corrected chi connectivity index (χ1v) is 9.01. The van der Waals surface area contributed by atoms with Crippen LogP contribution in [-0.4, -0.2) is 15.7 Å². The third-order valence-electron chi connectivity index (χ3n) is 3.92. The molecule has 0 saturated heterocycles. The van der Waals surface area contributed by atoms with Gasteiger partial charge in [0.25, 0.3) is 0 Å². The van der Waals surface area contributed by atoms with E-state index in [0.717, 1.165) is 33.1 Å². The summed E-state index contributed by atoms with van der Waals surface area (Å²) in [4.78, 5) is 18.3. The highest BCUT2D eigenvalue weighted by Gasteiger charge is 2.19. The second-order valence-electron chi connectivity index (χ2n) is 5.50. The summed E-state index contributed by atoms with van der Waals surface area (Å²) in [6, 6.07) is 10.4. The molecule has 0 aliphatic heterocycles. The van der Waals surface area contributed by atoms with E-state index in [0.29, 0.717) is 5.69 Å². The molecule has 4 rings (SSSR count). The van der Waals surface area contributed by atoms with Crippen molar-refractivity contribution in [2.75, 3.05) is 0 Å². The summed E-state index contributed by atoms with van der Waals surface area (Å²) >= 11 is 3.17. The van der Waals surface area contributed by atoms with E-state index >= 15 is 0 Å². The van der Waals surface area contributed by atoms with Crippen LogP contribution in [0.25, 0.3) is 26.8 Å². The van der Waals surface area contributed by atoms with Crippen LogP contribution in [0.15, 0.2) is 41.1 Å². The molecule has 0 spiro atoms. The van der Waals surface area contributed by atoms with Gasteiger partial charge in [-0.25, -0.2) is 4.98 Å². The maximum absolute atomic E-state index is 11.8. The van der Waals surface area contributed by atoms with Crippen LogP contribution in [0.4, 0.5) is 0 Å². The van der Waals surface area contributed by atoms with Crippen LogP contribution in [0.3, 0.4) is 0 Å². The molecule has 0 bridgehead atoms. The average Bonchev–Trinajstić information content (AvgIpc) is 3.23. The number of aryl methyl sites for hydroxylation is 2. The Hall–Kier alpha value is -2.24. The van der Waals surface area contributed by atoms with Crippen LogP contribution < -0.4 is 0 Å². The molecular formula is C18H14N2OS2. The second-order valence-corrected chi connectivity index (χ2v) is 7.28. The van der Waals surface area contributed by atoms with Crippen molar-refractivity contribution in [2.45, 2.75) is 13.8 Å². The fourth-order valence-corrected chi connectivity index (χ4v) is 4.49. The number of hydrogen-bond acceptors (Lipinski definition) is 4. The van der Waals surface area contributed by atoms with Crippen LogP contribution in [-0.2, 0) is 0 Å². The van der Waals surface area contributed by atoms with Gasteiger partial charge in [0.05, 0.1) is 10.6 Å². The van der Waals surface area contributed by atoms with E-state index in [2.05, 4.69) is 42.4 Å². The molecule has 0 aliphatic carbocycles. The Kier molecular flexibility index (Phi) is 3.39. The Bertz CT molecular complexity index is 1010. The first-order chi connectivity index (χ1) is 11.2. The third-order valence-corrected chi connectivity index (χ3v) is 5.63. The topological polar surface area (TPSA) is 34.4 Å². The van der Waals surface area contributed by atoms with Gasteiger partial charge < -0.3 is 0 Å². The number of aldehydes is 1. The molecule has 114 valence electrons. The first kappa shape index (κ1) is 14.4. The number of aromatic nitrogens is 2. The van der Waals surface area contributed by atoms with Gasteiger partial charge >= 0.3 is 0 Å². The highest BCUT2D eigenvalue weighted by atomic mass is 32.1. The maximum Gasteiger partial charge on any atom is 0.195 e. The van der Waals surface area contributed by atoms with Crippen LogP contribution in [0.5, 0.6) is 0 Å². The lowest BCUT2D eigenvalue weighted by atomic mass is 10.0. The largest absolute Gasteiger partial charge is 0.296 e. The van der Waals surface area contributed by atoms with Gasteiger partial charge in [0.15, 0.2) is 11.2 Å². The second kappa shape index (κ2) is 5.44. The van der Waals surface area contributed by atoms with Gasteiger partial charge in [0.1, 0.15) is 11.4 Å². The number of imidazole rings is 1. The maximum atomic E-state index is 11.8. The molecule has 0 unspecified atom stereocenters. The lowest BCUT2D eigenvalue weighted by Gasteiger charge is -2.07. The highest BCUT2D eigenvalue weighted by molar-refractivity contribution is 7.15. The number of thiophene rings is 1. The molecule has 0 saturated carbocycles. The van der Waals surface area contributed by atoms with Crippen molar-refractivity contribution in [1.29, 1.82) is 0 Å². The summed E-state index contributed by atoms with van der Waals surface area (Å²) in [5, 5.41) is 4.08. The molecular weight excluding hydrogens is 324 g/mol. The number of rotatable bonds is 3. The molecule has 0 aliphatic rings. The smallest absolute Gasteiger partial charge is 0.195 e. The minimum atomic E-state index is 0.624. The van der Waals surface area contributed by atoms with Crippen LogP contribution >= 0.6 is 22.7 Å². The van der Waals surface area contributed by atoms with Crippen molar-refractivity contribution in [3.63, 3.8) is 0 Å². The van der Waals surface area contributed by atoms with Gasteiger partial charge in [0.2, 0.25) is 0 Å². The molecule has 3 nitrogen and oxygen atoms in total. The normalized spacial score (nSPS) is 11.2. The summed E-state index contributed by atoms with van der Waals surface area (Å²) in [5.74, 6) is 0. The minimum absolute atomic E-state index is 0.624. The van der Waals surface area contributed by atoms with Crippen LogP contribution in [0, 0.1) is 13.8 Å². The lowest BCUT2D eigenvalue weighted by Crippen LogP contribution is -1.95. The molecule has 3 heterocycles. The molecule has 4 aromatic rings. The molecule has 0 fully saturated rings. The fourth-order valence-electron chi connectivity index (χ4n) is 2.87. The van der Waals surface area contributed by atoms with Crippen molar-refractivity contribution < 1.29 is 4.79 Å². The first-order valence-electron chi connectivity index (χ1n) is 7.25. The number of thiazole rings is 1. The Morgan fingerprint density at radius 1 is 1.17 bits per heavy atom. The SMILES string of the molecule is Cc1ccc(-c2csc3nc(-c4cccs4)c(C=O)n23)c(C)c1. The Morgan fingerprint density at radius 2 is 2.04 bits per heavy atom. The summed E-state index contributed by atoms with van der Waals surface area (Å²) in [6.07, 6.45) is 0.912. The predicted molar refractivity (Wildman–Crippen MR) is 96.7 cm³/mol. The zero-order valence-electron chi connectivity index (χ0n) is 12.7. The van der Waals surface area contributed by atoms with Gasteiger partial charge in [-0.05, 0) is 30.9 Å². The molecule has 0 atom stereocenters. The van der Waals surface area contributed by atoms with Crippen molar-refractivity contribution in [3.8, 4) is 21.8 Å². The Balaban J connectivity index is 2.00. The van der Waals surface area contributed by atoms with Gasteiger partial charge in [-0.1, -0.05) is 29.8 Å². The number of carbonyl (C=O) groups excluding carboxylic acids is 1. The Labute approximate surface area is 141 Å². The molecule has 0 N–H and O–H groups in total. The minimum Gasteiger partial charge on any atom is -0.296 e. The van der Waals surface area contributed by atoms with E-state index in [4.69, 9.17) is 0 Å². The molecule has 1 aromatic carbocycles. The number of hydrogen-bond donors (Lipinski definition) is 0. The molecule has 5 heteroatoms. The monoisotopic (exact) mass is 338 g/mol. The zero-order valence-corrected chi connectivity index (χ0v) is 14.4. The van der Waals surface area contributed by atoms with Crippen molar-refractivity contribution in [1.82, 2.24) is 9.38 Å². The van der Waals surface area contributed by atoms with Gasteiger partial charge in [-0.15, -0.1) is 22.7 Å². The van der Waals surface area contributed by atoms with E-state index in [9.17, 15) is 4.79 Å². The van der Waals surface area contributed by atoms with Gasteiger partial charge in [-0.2, -0.15) is 0 Å².